The molecule has 1 fully saturated rings. The highest BCUT2D eigenvalue weighted by Gasteiger charge is 2.25. The van der Waals surface area contributed by atoms with E-state index < -0.39 is 5.97 Å². The number of anilines is 1. The highest BCUT2D eigenvalue weighted by atomic mass is 16.5. The summed E-state index contributed by atoms with van der Waals surface area (Å²) < 4.78 is 11.5. The molecule has 7 heteroatoms. The third kappa shape index (κ3) is 6.34. The predicted molar refractivity (Wildman–Crippen MR) is 141 cm³/mol. The Balaban J connectivity index is 1.33. The van der Waals surface area contributed by atoms with E-state index >= 15 is 0 Å². The van der Waals surface area contributed by atoms with Crippen LogP contribution in [0.15, 0.2) is 60.8 Å². The van der Waals surface area contributed by atoms with Crippen LogP contribution in [0.3, 0.4) is 0 Å². The summed E-state index contributed by atoms with van der Waals surface area (Å²) in [5.41, 5.74) is 3.45. The number of benzene rings is 2. The molecule has 4 rings (SSSR count). The van der Waals surface area contributed by atoms with Crippen LogP contribution < -0.4 is 14.4 Å². The van der Waals surface area contributed by atoms with Gasteiger partial charge in [0.05, 0.1) is 6.61 Å². The molecule has 3 aromatic rings. The lowest BCUT2D eigenvalue weighted by Crippen LogP contribution is -2.46. The monoisotopic (exact) mass is 489 g/mol. The molecule has 0 atom stereocenters. The quantitative estimate of drug-likeness (QED) is 0.419. The average Bonchev–Trinajstić information content (AvgIpc) is 2.88. The standard InChI is InChI=1S/C29H35N3O4/c1-4-35-24-10-8-22(9-11-24)20-36-25-7-5-6-23(18-25)19-31-14-16-32(17-15-31)28-27(29(33)34)26(21(2)3)12-13-30-28/h5-13,18,21H,4,14-17,19-20H2,1-3H3,(H,33,34). The van der Waals surface area contributed by atoms with E-state index in [1.54, 1.807) is 6.20 Å². The summed E-state index contributed by atoms with van der Waals surface area (Å²) in [7, 11) is 0. The molecule has 0 amide bonds. The van der Waals surface area contributed by atoms with Gasteiger partial charge in [0.1, 0.15) is 29.5 Å². The number of nitrogens with zero attached hydrogens (tertiary/aromatic N) is 3. The molecule has 1 aliphatic rings. The first-order valence-electron chi connectivity index (χ1n) is 12.6. The zero-order valence-corrected chi connectivity index (χ0v) is 21.3. The second kappa shape index (κ2) is 11.9. The molecule has 1 aromatic heterocycles. The van der Waals surface area contributed by atoms with E-state index in [1.807, 2.05) is 63.2 Å². The number of carbonyl (C=O) groups is 1. The first kappa shape index (κ1) is 25.5. The molecular weight excluding hydrogens is 454 g/mol. The fourth-order valence-electron chi connectivity index (χ4n) is 4.53. The number of ether oxygens (including phenoxy) is 2. The van der Waals surface area contributed by atoms with Crippen LogP contribution in [-0.2, 0) is 13.2 Å². The Morgan fingerprint density at radius 2 is 1.72 bits per heavy atom. The lowest BCUT2D eigenvalue weighted by Gasteiger charge is -2.36. The van der Waals surface area contributed by atoms with Crippen LogP contribution in [0.1, 0.15) is 53.7 Å². The molecule has 0 unspecified atom stereocenters. The summed E-state index contributed by atoms with van der Waals surface area (Å²) in [5, 5.41) is 9.85. The molecule has 0 bridgehead atoms. The van der Waals surface area contributed by atoms with E-state index in [-0.39, 0.29) is 5.92 Å². The Morgan fingerprint density at radius 3 is 2.39 bits per heavy atom. The number of carboxylic acids is 1. The van der Waals surface area contributed by atoms with Crippen molar-refractivity contribution in [2.24, 2.45) is 0 Å². The fraction of sp³-hybridized carbons (Fsp3) is 0.379. The number of aromatic carboxylic acids is 1. The molecule has 2 heterocycles. The topological polar surface area (TPSA) is 75.1 Å². The number of hydrogen-bond acceptors (Lipinski definition) is 6. The zero-order chi connectivity index (χ0) is 25.5. The summed E-state index contributed by atoms with van der Waals surface area (Å²) in [4.78, 5) is 21.0. The van der Waals surface area contributed by atoms with E-state index in [9.17, 15) is 9.90 Å². The van der Waals surface area contributed by atoms with Gasteiger partial charge in [-0.1, -0.05) is 38.1 Å². The molecule has 1 aliphatic heterocycles. The van der Waals surface area contributed by atoms with E-state index in [4.69, 9.17) is 9.47 Å². The smallest absolute Gasteiger partial charge is 0.339 e. The van der Waals surface area contributed by atoms with Gasteiger partial charge in [-0.2, -0.15) is 0 Å². The molecule has 1 saturated heterocycles. The predicted octanol–water partition coefficient (Wildman–Crippen LogP) is 5.20. The number of hydrogen-bond donors (Lipinski definition) is 1. The van der Waals surface area contributed by atoms with Crippen molar-refractivity contribution >= 4 is 11.8 Å². The molecule has 190 valence electrons. The Bertz CT molecular complexity index is 1160. The third-order valence-electron chi connectivity index (χ3n) is 6.42. The second-order valence-corrected chi connectivity index (χ2v) is 9.33. The molecule has 0 saturated carbocycles. The van der Waals surface area contributed by atoms with Gasteiger partial charge in [0.25, 0.3) is 0 Å². The molecule has 1 N–H and O–H groups in total. The maximum atomic E-state index is 12.0. The highest BCUT2D eigenvalue weighted by molar-refractivity contribution is 5.95. The summed E-state index contributed by atoms with van der Waals surface area (Å²) in [5.74, 6) is 1.51. The maximum Gasteiger partial charge on any atom is 0.339 e. The number of pyridine rings is 1. The second-order valence-electron chi connectivity index (χ2n) is 9.33. The van der Waals surface area contributed by atoms with Gasteiger partial charge >= 0.3 is 5.97 Å². The van der Waals surface area contributed by atoms with E-state index in [0.717, 1.165) is 55.3 Å². The Morgan fingerprint density at radius 1 is 0.972 bits per heavy atom. The van der Waals surface area contributed by atoms with Crippen molar-refractivity contribution < 1.29 is 19.4 Å². The van der Waals surface area contributed by atoms with E-state index in [2.05, 4.69) is 26.9 Å². The van der Waals surface area contributed by atoms with Crippen molar-refractivity contribution in [3.8, 4) is 11.5 Å². The van der Waals surface area contributed by atoms with E-state index in [1.165, 1.54) is 5.56 Å². The van der Waals surface area contributed by atoms with Crippen LogP contribution in [-0.4, -0.2) is 53.7 Å². The minimum absolute atomic E-state index is 0.128. The van der Waals surface area contributed by atoms with Crippen molar-refractivity contribution in [2.45, 2.75) is 39.8 Å². The van der Waals surface area contributed by atoms with Crippen LogP contribution >= 0.6 is 0 Å². The van der Waals surface area contributed by atoms with Crippen molar-refractivity contribution in [1.29, 1.82) is 0 Å². The Hall–Kier alpha value is -3.58. The van der Waals surface area contributed by atoms with Crippen molar-refractivity contribution in [2.75, 3.05) is 37.7 Å². The minimum atomic E-state index is -0.911. The van der Waals surface area contributed by atoms with Crippen LogP contribution in [0, 0.1) is 0 Å². The van der Waals surface area contributed by atoms with Crippen LogP contribution in [0.2, 0.25) is 0 Å². The third-order valence-corrected chi connectivity index (χ3v) is 6.42. The molecular formula is C29H35N3O4. The van der Waals surface area contributed by atoms with Crippen molar-refractivity contribution in [3.63, 3.8) is 0 Å². The summed E-state index contributed by atoms with van der Waals surface area (Å²) in [6.07, 6.45) is 1.72. The van der Waals surface area contributed by atoms with Gasteiger partial charge in [-0.25, -0.2) is 9.78 Å². The van der Waals surface area contributed by atoms with Crippen molar-refractivity contribution in [1.82, 2.24) is 9.88 Å². The summed E-state index contributed by atoms with van der Waals surface area (Å²) >= 11 is 0. The van der Waals surface area contributed by atoms with Crippen LogP contribution in [0.25, 0.3) is 0 Å². The lowest BCUT2D eigenvalue weighted by atomic mass is 9.98. The van der Waals surface area contributed by atoms with Gasteiger partial charge in [-0.05, 0) is 59.9 Å². The largest absolute Gasteiger partial charge is 0.494 e. The number of rotatable bonds is 10. The molecule has 36 heavy (non-hydrogen) atoms. The summed E-state index contributed by atoms with van der Waals surface area (Å²) in [6.45, 7) is 11.1. The summed E-state index contributed by atoms with van der Waals surface area (Å²) in [6, 6.07) is 18.0. The van der Waals surface area contributed by atoms with Gasteiger partial charge in [-0.3, -0.25) is 4.90 Å². The highest BCUT2D eigenvalue weighted by Crippen LogP contribution is 2.28. The van der Waals surface area contributed by atoms with E-state index in [0.29, 0.717) is 24.6 Å². The first-order valence-corrected chi connectivity index (χ1v) is 12.6. The average molecular weight is 490 g/mol. The SMILES string of the molecule is CCOc1ccc(COc2cccc(CN3CCN(c4nccc(C(C)C)c4C(=O)O)CC3)c2)cc1. The van der Waals surface area contributed by atoms with Gasteiger partial charge in [0.2, 0.25) is 0 Å². The van der Waals surface area contributed by atoms with Gasteiger partial charge in [0.15, 0.2) is 0 Å². The zero-order valence-electron chi connectivity index (χ0n) is 21.3. The van der Waals surface area contributed by atoms with Crippen LogP contribution in [0.4, 0.5) is 5.82 Å². The molecule has 2 aromatic carbocycles. The minimum Gasteiger partial charge on any atom is -0.494 e. The Kier molecular flexibility index (Phi) is 8.44. The van der Waals surface area contributed by atoms with Crippen LogP contribution in [0.5, 0.6) is 11.5 Å². The molecule has 0 aliphatic carbocycles. The molecule has 0 spiro atoms. The lowest BCUT2D eigenvalue weighted by molar-refractivity contribution is 0.0695. The van der Waals surface area contributed by atoms with Gasteiger partial charge < -0.3 is 19.5 Å². The fourth-order valence-corrected chi connectivity index (χ4v) is 4.53. The number of piperazine rings is 1. The molecule has 0 radical (unpaired) electrons. The number of aromatic nitrogens is 1. The normalized spacial score (nSPS) is 14.2. The van der Waals surface area contributed by atoms with Gasteiger partial charge in [-0.15, -0.1) is 0 Å². The van der Waals surface area contributed by atoms with Crippen molar-refractivity contribution in [3.05, 3.63) is 83.0 Å². The molecule has 7 nitrogen and oxygen atoms in total. The maximum absolute atomic E-state index is 12.0. The first-order chi connectivity index (χ1) is 17.4. The Labute approximate surface area is 213 Å². The number of carboxylic acid groups (broad SMARTS) is 1. The van der Waals surface area contributed by atoms with Gasteiger partial charge in [0, 0.05) is 38.9 Å².